The van der Waals surface area contributed by atoms with Crippen LogP contribution < -0.4 is 10.0 Å². The summed E-state index contributed by atoms with van der Waals surface area (Å²) in [6.45, 7) is 1.52. The molecule has 0 saturated carbocycles. The number of nitrogens with one attached hydrogen (secondary N) is 3. The Morgan fingerprint density at radius 1 is 1.44 bits per heavy atom. The summed E-state index contributed by atoms with van der Waals surface area (Å²) in [5.74, 6) is 0.385. The van der Waals surface area contributed by atoms with Crippen molar-refractivity contribution in [1.82, 2.24) is 19.8 Å². The maximum Gasteiger partial charge on any atom is 0.302 e. The third-order valence-electron chi connectivity index (χ3n) is 2.51. The van der Waals surface area contributed by atoms with E-state index in [1.807, 2.05) is 0 Å². The number of rotatable bonds is 3. The molecule has 1 aromatic heterocycles. The summed E-state index contributed by atoms with van der Waals surface area (Å²) < 4.78 is 26.8. The first kappa shape index (κ1) is 11.4. The Kier molecular flexibility index (Phi) is 2.87. The monoisotopic (exact) mass is 245 g/mol. The SMILES string of the molecule is CN(C)S(=O)(=O)Nc1n[nH]c2c1CNCC2. The van der Waals surface area contributed by atoms with Crippen LogP contribution in [0.4, 0.5) is 5.82 Å². The third kappa shape index (κ3) is 2.04. The van der Waals surface area contributed by atoms with Crippen LogP contribution in [-0.4, -0.2) is 43.6 Å². The molecule has 0 bridgehead atoms. The molecule has 1 aliphatic rings. The Bertz CT molecular complexity index is 479. The van der Waals surface area contributed by atoms with Gasteiger partial charge in [-0.05, 0) is 0 Å². The lowest BCUT2D eigenvalue weighted by molar-refractivity contribution is 0.526. The van der Waals surface area contributed by atoms with Gasteiger partial charge in [-0.15, -0.1) is 0 Å². The second-order valence-corrected chi connectivity index (χ2v) is 5.73. The molecule has 7 nitrogen and oxygen atoms in total. The van der Waals surface area contributed by atoms with Crippen LogP contribution in [0.15, 0.2) is 0 Å². The van der Waals surface area contributed by atoms with E-state index < -0.39 is 10.2 Å². The van der Waals surface area contributed by atoms with Gasteiger partial charge in [-0.3, -0.25) is 9.82 Å². The maximum absolute atomic E-state index is 11.6. The molecule has 8 heteroatoms. The quantitative estimate of drug-likeness (QED) is 0.655. The molecule has 2 rings (SSSR count). The minimum absolute atomic E-state index is 0.385. The van der Waals surface area contributed by atoms with Crippen LogP contribution in [0.25, 0.3) is 0 Å². The normalized spacial score (nSPS) is 16.2. The summed E-state index contributed by atoms with van der Waals surface area (Å²) >= 11 is 0. The van der Waals surface area contributed by atoms with Crippen LogP contribution in [0.5, 0.6) is 0 Å². The van der Waals surface area contributed by atoms with Gasteiger partial charge in [0.05, 0.1) is 0 Å². The summed E-state index contributed by atoms with van der Waals surface area (Å²) in [5, 5.41) is 10.0. The molecular weight excluding hydrogens is 230 g/mol. The van der Waals surface area contributed by atoms with Crippen molar-refractivity contribution in [3.8, 4) is 0 Å². The van der Waals surface area contributed by atoms with Crippen LogP contribution in [0.3, 0.4) is 0 Å². The first-order valence-corrected chi connectivity index (χ1v) is 6.42. The number of aromatic nitrogens is 2. The van der Waals surface area contributed by atoms with Crippen LogP contribution in [-0.2, 0) is 23.2 Å². The number of aromatic amines is 1. The second kappa shape index (κ2) is 4.04. The minimum atomic E-state index is -3.48. The molecule has 2 heterocycles. The highest BCUT2D eigenvalue weighted by Gasteiger charge is 2.21. The van der Waals surface area contributed by atoms with Crippen molar-refractivity contribution >= 4 is 16.0 Å². The zero-order valence-electron chi connectivity index (χ0n) is 9.24. The smallest absolute Gasteiger partial charge is 0.302 e. The Hall–Kier alpha value is -1.12. The molecule has 16 heavy (non-hydrogen) atoms. The first-order valence-electron chi connectivity index (χ1n) is 4.98. The molecular formula is C8H15N5O2S. The van der Waals surface area contributed by atoms with Gasteiger partial charge in [-0.2, -0.15) is 17.8 Å². The Morgan fingerprint density at radius 2 is 2.19 bits per heavy atom. The van der Waals surface area contributed by atoms with Crippen molar-refractivity contribution < 1.29 is 8.42 Å². The Balaban J connectivity index is 2.26. The van der Waals surface area contributed by atoms with E-state index in [0.717, 1.165) is 28.5 Å². The van der Waals surface area contributed by atoms with Gasteiger partial charge in [0.2, 0.25) is 0 Å². The van der Waals surface area contributed by atoms with Gasteiger partial charge in [-0.25, -0.2) is 0 Å². The standard InChI is InChI=1S/C8H15N5O2S/c1-13(2)16(14,15)12-8-6-5-9-4-3-7(6)10-11-8/h9H,3-5H2,1-2H3,(H2,10,11,12). The zero-order valence-corrected chi connectivity index (χ0v) is 10.1. The molecule has 1 aromatic rings. The zero-order chi connectivity index (χ0) is 11.8. The topological polar surface area (TPSA) is 90.1 Å². The molecule has 0 atom stereocenters. The highest BCUT2D eigenvalue weighted by Crippen LogP contribution is 2.20. The van der Waals surface area contributed by atoms with E-state index in [4.69, 9.17) is 0 Å². The van der Waals surface area contributed by atoms with Crippen molar-refractivity contribution in [3.05, 3.63) is 11.3 Å². The molecule has 0 saturated heterocycles. The first-order chi connectivity index (χ1) is 7.50. The number of hydrogen-bond donors (Lipinski definition) is 3. The molecule has 0 aliphatic carbocycles. The number of hydrogen-bond acceptors (Lipinski definition) is 4. The van der Waals surface area contributed by atoms with Crippen molar-refractivity contribution in [2.45, 2.75) is 13.0 Å². The summed E-state index contributed by atoms with van der Waals surface area (Å²) in [7, 11) is -0.538. The lowest BCUT2D eigenvalue weighted by atomic mass is 10.1. The Morgan fingerprint density at radius 3 is 2.88 bits per heavy atom. The fourth-order valence-electron chi connectivity index (χ4n) is 1.52. The highest BCUT2D eigenvalue weighted by molar-refractivity contribution is 7.90. The number of anilines is 1. The van der Waals surface area contributed by atoms with Crippen LogP contribution in [0, 0.1) is 0 Å². The molecule has 0 unspecified atom stereocenters. The van der Waals surface area contributed by atoms with E-state index in [0.29, 0.717) is 12.4 Å². The minimum Gasteiger partial charge on any atom is -0.312 e. The summed E-state index contributed by atoms with van der Waals surface area (Å²) in [5.41, 5.74) is 1.90. The van der Waals surface area contributed by atoms with Gasteiger partial charge in [0.1, 0.15) is 0 Å². The van der Waals surface area contributed by atoms with Crippen molar-refractivity contribution in [2.75, 3.05) is 25.4 Å². The maximum atomic E-state index is 11.6. The van der Waals surface area contributed by atoms with Crippen LogP contribution >= 0.6 is 0 Å². The van der Waals surface area contributed by atoms with Gasteiger partial charge in [0, 0.05) is 44.9 Å². The predicted molar refractivity (Wildman–Crippen MR) is 60.2 cm³/mol. The van der Waals surface area contributed by atoms with Gasteiger partial charge in [0.25, 0.3) is 0 Å². The average molecular weight is 245 g/mol. The van der Waals surface area contributed by atoms with Crippen molar-refractivity contribution in [2.24, 2.45) is 0 Å². The van der Waals surface area contributed by atoms with Gasteiger partial charge in [-0.1, -0.05) is 0 Å². The third-order valence-corrected chi connectivity index (χ3v) is 3.93. The van der Waals surface area contributed by atoms with Gasteiger partial charge in [0.15, 0.2) is 5.82 Å². The van der Waals surface area contributed by atoms with Crippen LogP contribution in [0.2, 0.25) is 0 Å². The van der Waals surface area contributed by atoms with E-state index in [2.05, 4.69) is 20.2 Å². The lowest BCUT2D eigenvalue weighted by Gasteiger charge is -2.15. The summed E-state index contributed by atoms with van der Waals surface area (Å²) in [4.78, 5) is 0. The second-order valence-electron chi connectivity index (χ2n) is 3.85. The van der Waals surface area contributed by atoms with Gasteiger partial charge >= 0.3 is 10.2 Å². The summed E-state index contributed by atoms with van der Waals surface area (Å²) in [6.07, 6.45) is 0.839. The van der Waals surface area contributed by atoms with E-state index >= 15 is 0 Å². The molecule has 0 fully saturated rings. The van der Waals surface area contributed by atoms with Crippen molar-refractivity contribution in [3.63, 3.8) is 0 Å². The van der Waals surface area contributed by atoms with Crippen molar-refractivity contribution in [1.29, 1.82) is 0 Å². The van der Waals surface area contributed by atoms with Crippen LogP contribution in [0.1, 0.15) is 11.3 Å². The largest absolute Gasteiger partial charge is 0.312 e. The molecule has 0 amide bonds. The molecule has 0 radical (unpaired) electrons. The predicted octanol–water partition coefficient (Wildman–Crippen LogP) is -0.726. The molecule has 0 spiro atoms. The summed E-state index contributed by atoms with van der Waals surface area (Å²) in [6, 6.07) is 0. The van der Waals surface area contributed by atoms with E-state index in [9.17, 15) is 8.42 Å². The number of fused-ring (bicyclic) bond motifs is 1. The molecule has 1 aliphatic heterocycles. The molecule has 3 N–H and O–H groups in total. The number of H-pyrrole nitrogens is 1. The van der Waals surface area contributed by atoms with E-state index in [1.165, 1.54) is 14.1 Å². The fourth-order valence-corrected chi connectivity index (χ4v) is 2.12. The molecule has 90 valence electrons. The average Bonchev–Trinajstić information content (AvgIpc) is 2.61. The highest BCUT2D eigenvalue weighted by atomic mass is 32.2. The lowest BCUT2D eigenvalue weighted by Crippen LogP contribution is -2.30. The Labute approximate surface area is 94.4 Å². The van der Waals surface area contributed by atoms with Gasteiger partial charge < -0.3 is 5.32 Å². The van der Waals surface area contributed by atoms with E-state index in [-0.39, 0.29) is 0 Å². The molecule has 0 aromatic carbocycles. The van der Waals surface area contributed by atoms with E-state index in [1.54, 1.807) is 0 Å². The fraction of sp³-hybridized carbons (Fsp3) is 0.625. The number of nitrogens with zero attached hydrogens (tertiary/aromatic N) is 2.